The van der Waals surface area contributed by atoms with Crippen LogP contribution in [0, 0.1) is 5.92 Å². The van der Waals surface area contributed by atoms with Crippen molar-refractivity contribution in [3.8, 4) is 0 Å². The highest BCUT2D eigenvalue weighted by Crippen LogP contribution is 2.22. The van der Waals surface area contributed by atoms with E-state index in [2.05, 4.69) is 17.3 Å². The molecule has 1 aromatic rings. The van der Waals surface area contributed by atoms with Crippen molar-refractivity contribution in [2.24, 2.45) is 11.8 Å². The van der Waals surface area contributed by atoms with E-state index in [9.17, 15) is 4.79 Å². The quantitative estimate of drug-likeness (QED) is 0.627. The van der Waals surface area contributed by atoms with Crippen LogP contribution in [0.25, 0.3) is 0 Å². The summed E-state index contributed by atoms with van der Waals surface area (Å²) in [5, 5.41) is 0. The zero-order valence-electron chi connectivity index (χ0n) is 10.7. The van der Waals surface area contributed by atoms with Crippen molar-refractivity contribution in [1.29, 1.82) is 0 Å². The molecule has 1 aliphatic heterocycles. The molecule has 0 spiro atoms. The fourth-order valence-electron chi connectivity index (χ4n) is 2.49. The largest absolute Gasteiger partial charge is 0.338 e. The molecule has 1 unspecified atom stereocenters. The summed E-state index contributed by atoms with van der Waals surface area (Å²) < 4.78 is 0. The molecule has 1 atom stereocenters. The number of carbonyl (C=O) groups is 1. The van der Waals surface area contributed by atoms with E-state index in [0.717, 1.165) is 19.5 Å². The summed E-state index contributed by atoms with van der Waals surface area (Å²) in [6.45, 7) is 3.92. The van der Waals surface area contributed by atoms with Gasteiger partial charge in [0.1, 0.15) is 5.82 Å². The van der Waals surface area contributed by atoms with Crippen molar-refractivity contribution in [2.45, 2.75) is 26.2 Å². The van der Waals surface area contributed by atoms with E-state index in [4.69, 9.17) is 5.84 Å². The molecule has 1 amide bonds. The highest BCUT2D eigenvalue weighted by atomic mass is 16.2. The lowest BCUT2D eigenvalue weighted by Crippen LogP contribution is -2.28. The van der Waals surface area contributed by atoms with Crippen molar-refractivity contribution in [1.82, 2.24) is 9.88 Å². The van der Waals surface area contributed by atoms with Gasteiger partial charge in [-0.3, -0.25) is 4.79 Å². The molecule has 1 aliphatic rings. The summed E-state index contributed by atoms with van der Waals surface area (Å²) in [6.07, 6.45) is 5.10. The third-order valence-corrected chi connectivity index (χ3v) is 3.42. The Labute approximate surface area is 107 Å². The Morgan fingerprint density at radius 2 is 2.50 bits per heavy atom. The van der Waals surface area contributed by atoms with Gasteiger partial charge in [0.2, 0.25) is 0 Å². The minimum absolute atomic E-state index is 0.0764. The lowest BCUT2D eigenvalue weighted by molar-refractivity contribution is 0.0786. The van der Waals surface area contributed by atoms with Crippen LogP contribution >= 0.6 is 0 Å². The number of hydrazine groups is 1. The number of pyridine rings is 1. The second-order valence-corrected chi connectivity index (χ2v) is 4.77. The lowest BCUT2D eigenvalue weighted by atomic mass is 10.0. The monoisotopic (exact) mass is 248 g/mol. The van der Waals surface area contributed by atoms with Crippen LogP contribution in [0.2, 0.25) is 0 Å². The number of nitrogens with two attached hydrogens (primary N) is 1. The predicted octanol–water partition coefficient (Wildman–Crippen LogP) is 1.63. The van der Waals surface area contributed by atoms with Gasteiger partial charge in [-0.15, -0.1) is 0 Å². The second kappa shape index (κ2) is 5.82. The van der Waals surface area contributed by atoms with E-state index in [0.29, 0.717) is 17.3 Å². The Bertz CT molecular complexity index is 421. The molecule has 18 heavy (non-hydrogen) atoms. The highest BCUT2D eigenvalue weighted by Gasteiger charge is 2.26. The van der Waals surface area contributed by atoms with Gasteiger partial charge < -0.3 is 10.3 Å². The zero-order chi connectivity index (χ0) is 13.0. The summed E-state index contributed by atoms with van der Waals surface area (Å²) >= 11 is 0. The normalized spacial score (nSPS) is 19.0. The number of rotatable bonds is 4. The maximum Gasteiger partial charge on any atom is 0.254 e. The summed E-state index contributed by atoms with van der Waals surface area (Å²) in [5.41, 5.74) is 3.11. The maximum absolute atomic E-state index is 12.3. The van der Waals surface area contributed by atoms with Crippen molar-refractivity contribution in [3.63, 3.8) is 0 Å². The Kier molecular flexibility index (Phi) is 4.15. The SMILES string of the molecule is CCCC1CCN(C(=O)c2ccnc(NN)c2)C1. The van der Waals surface area contributed by atoms with E-state index in [1.165, 1.54) is 12.8 Å². The third kappa shape index (κ3) is 2.79. The second-order valence-electron chi connectivity index (χ2n) is 4.77. The smallest absolute Gasteiger partial charge is 0.254 e. The number of anilines is 1. The number of aromatic nitrogens is 1. The van der Waals surface area contributed by atoms with Crippen molar-refractivity contribution in [2.75, 3.05) is 18.5 Å². The van der Waals surface area contributed by atoms with Crippen molar-refractivity contribution >= 4 is 11.7 Å². The molecule has 0 aromatic carbocycles. The van der Waals surface area contributed by atoms with E-state index < -0.39 is 0 Å². The Balaban J connectivity index is 2.03. The fraction of sp³-hybridized carbons (Fsp3) is 0.538. The van der Waals surface area contributed by atoms with Gasteiger partial charge in [0.15, 0.2) is 0 Å². The van der Waals surface area contributed by atoms with Gasteiger partial charge in [0, 0.05) is 24.8 Å². The van der Waals surface area contributed by atoms with Crippen molar-refractivity contribution < 1.29 is 4.79 Å². The standard InChI is InChI=1S/C13H20N4O/c1-2-3-10-5-7-17(9-10)13(18)11-4-6-15-12(8-11)16-14/h4,6,8,10H,2-3,5,7,9,14H2,1H3,(H,15,16). The van der Waals surface area contributed by atoms with Crippen LogP contribution in [-0.2, 0) is 0 Å². The Morgan fingerprint density at radius 3 is 3.22 bits per heavy atom. The molecule has 0 aliphatic carbocycles. The van der Waals surface area contributed by atoms with Gasteiger partial charge in [-0.2, -0.15) is 0 Å². The molecule has 2 rings (SSSR count). The Morgan fingerprint density at radius 1 is 1.67 bits per heavy atom. The first-order valence-corrected chi connectivity index (χ1v) is 6.46. The molecule has 5 heteroatoms. The van der Waals surface area contributed by atoms with Gasteiger partial charge in [0.25, 0.3) is 5.91 Å². The minimum Gasteiger partial charge on any atom is -0.338 e. The Hall–Kier alpha value is -1.62. The van der Waals surface area contributed by atoms with Crippen LogP contribution in [0.4, 0.5) is 5.82 Å². The average Bonchev–Trinajstić information content (AvgIpc) is 2.87. The molecule has 0 saturated carbocycles. The topological polar surface area (TPSA) is 71.2 Å². The van der Waals surface area contributed by atoms with Crippen LogP contribution in [0.5, 0.6) is 0 Å². The van der Waals surface area contributed by atoms with Gasteiger partial charge in [-0.25, -0.2) is 10.8 Å². The first kappa shape index (κ1) is 12.8. The van der Waals surface area contributed by atoms with E-state index in [-0.39, 0.29) is 5.91 Å². The van der Waals surface area contributed by atoms with Crippen LogP contribution in [0.3, 0.4) is 0 Å². The van der Waals surface area contributed by atoms with Crippen molar-refractivity contribution in [3.05, 3.63) is 23.9 Å². The molecule has 1 fully saturated rings. The van der Waals surface area contributed by atoms with Crippen LogP contribution in [0.1, 0.15) is 36.5 Å². The molecular weight excluding hydrogens is 228 g/mol. The summed E-state index contributed by atoms with van der Waals surface area (Å²) in [4.78, 5) is 18.2. The molecule has 1 aromatic heterocycles. The number of nitrogens with zero attached hydrogens (tertiary/aromatic N) is 2. The summed E-state index contributed by atoms with van der Waals surface area (Å²) in [6, 6.07) is 3.42. The lowest BCUT2D eigenvalue weighted by Gasteiger charge is -2.16. The van der Waals surface area contributed by atoms with Crippen LogP contribution < -0.4 is 11.3 Å². The molecule has 0 bridgehead atoms. The molecular formula is C13H20N4O. The number of nitrogens with one attached hydrogen (secondary N) is 1. The maximum atomic E-state index is 12.3. The van der Waals surface area contributed by atoms with E-state index in [1.807, 2.05) is 4.90 Å². The highest BCUT2D eigenvalue weighted by molar-refractivity contribution is 5.95. The number of amides is 1. The summed E-state index contributed by atoms with van der Waals surface area (Å²) in [7, 11) is 0. The summed E-state index contributed by atoms with van der Waals surface area (Å²) in [5.74, 6) is 6.55. The molecule has 98 valence electrons. The fourth-order valence-corrected chi connectivity index (χ4v) is 2.49. The number of hydrogen-bond donors (Lipinski definition) is 2. The number of likely N-dealkylation sites (tertiary alicyclic amines) is 1. The molecule has 2 heterocycles. The molecule has 5 nitrogen and oxygen atoms in total. The van der Waals surface area contributed by atoms with Crippen LogP contribution in [-0.4, -0.2) is 28.9 Å². The first-order valence-electron chi connectivity index (χ1n) is 6.46. The first-order chi connectivity index (χ1) is 8.74. The van der Waals surface area contributed by atoms with Gasteiger partial charge >= 0.3 is 0 Å². The minimum atomic E-state index is 0.0764. The van der Waals surface area contributed by atoms with Gasteiger partial charge in [0.05, 0.1) is 0 Å². The van der Waals surface area contributed by atoms with Gasteiger partial charge in [-0.1, -0.05) is 13.3 Å². The molecule has 3 N–H and O–H groups in total. The zero-order valence-corrected chi connectivity index (χ0v) is 10.7. The van der Waals surface area contributed by atoms with Crippen LogP contribution in [0.15, 0.2) is 18.3 Å². The van der Waals surface area contributed by atoms with Gasteiger partial charge in [-0.05, 0) is 30.9 Å². The average molecular weight is 248 g/mol. The predicted molar refractivity (Wildman–Crippen MR) is 71.0 cm³/mol. The number of hydrogen-bond acceptors (Lipinski definition) is 4. The van der Waals surface area contributed by atoms with E-state index in [1.54, 1.807) is 18.3 Å². The number of nitrogen functional groups attached to an aromatic ring is 1. The third-order valence-electron chi connectivity index (χ3n) is 3.42. The molecule has 1 saturated heterocycles. The number of carbonyl (C=O) groups excluding carboxylic acids is 1. The van der Waals surface area contributed by atoms with E-state index >= 15 is 0 Å². The molecule has 0 radical (unpaired) electrons.